The Kier molecular flexibility index (Phi) is 36.3. The zero-order valence-corrected chi connectivity index (χ0v) is 37.4. The van der Waals surface area contributed by atoms with Crippen LogP contribution in [0.4, 0.5) is 17.1 Å². The average Bonchev–Trinajstić information content (AvgIpc) is 3.29. The third-order valence-electron chi connectivity index (χ3n) is 8.91. The molecule has 0 amide bonds. The molecule has 0 spiro atoms. The number of aryl methyl sites for hydroxylation is 1. The van der Waals surface area contributed by atoms with Gasteiger partial charge < -0.3 is 62.2 Å². The number of nitrogens with zero attached hydrogens (tertiary/aromatic N) is 2. The topological polar surface area (TPSA) is 209 Å². The van der Waals surface area contributed by atoms with Crippen LogP contribution in [0.25, 0.3) is 0 Å². The van der Waals surface area contributed by atoms with E-state index in [-0.39, 0.29) is 30.2 Å². The number of nitrogens with one attached hydrogen (secondary N) is 1. The van der Waals surface area contributed by atoms with Crippen LogP contribution in [0, 0.1) is 20.2 Å². The summed E-state index contributed by atoms with van der Waals surface area (Å²) < 4.78 is 66.3. The van der Waals surface area contributed by atoms with E-state index in [4.69, 9.17) is 56.8 Å². The van der Waals surface area contributed by atoms with E-state index in [1.165, 1.54) is 56.2 Å². The van der Waals surface area contributed by atoms with Crippen molar-refractivity contribution in [1.29, 1.82) is 0 Å². The predicted molar refractivity (Wildman–Crippen MR) is 236 cm³/mol. The summed E-state index contributed by atoms with van der Waals surface area (Å²) in [5.41, 5.74) is 0.839. The normalized spacial score (nSPS) is 11.3. The summed E-state index contributed by atoms with van der Waals surface area (Å²) in [4.78, 5) is 20.7. The van der Waals surface area contributed by atoms with Crippen molar-refractivity contribution in [3.63, 3.8) is 0 Å². The van der Waals surface area contributed by atoms with Crippen molar-refractivity contribution >= 4 is 17.1 Å². The van der Waals surface area contributed by atoms with Crippen molar-refractivity contribution in [2.24, 2.45) is 0 Å². The van der Waals surface area contributed by atoms with Gasteiger partial charge in [-0.15, -0.1) is 0 Å². The van der Waals surface area contributed by atoms with Gasteiger partial charge in [0.2, 0.25) is 0 Å². The molecule has 0 radical (unpaired) electrons. The Bertz CT molecular complexity index is 1380. The highest BCUT2D eigenvalue weighted by Crippen LogP contribution is 2.28. The van der Waals surface area contributed by atoms with E-state index >= 15 is 0 Å². The molecule has 0 unspecified atom stereocenters. The summed E-state index contributed by atoms with van der Waals surface area (Å²) in [6.07, 6.45) is 9.02. The highest BCUT2D eigenvalue weighted by molar-refractivity contribution is 5.65. The summed E-state index contributed by atoms with van der Waals surface area (Å²) in [5.74, 6) is 0.873. The zero-order valence-electron chi connectivity index (χ0n) is 37.4. The van der Waals surface area contributed by atoms with Gasteiger partial charge in [-0.25, -0.2) is 0 Å². The van der Waals surface area contributed by atoms with Crippen LogP contribution in [0.2, 0.25) is 0 Å². The molecule has 0 aromatic heterocycles. The SMILES string of the molecule is CCCCCCCCc1ccc(OCCOCCOCCOCCOCCOCCOCCOCCOCCOCCOCCOCCNc2ccc([N+](=O)[O-])cc2[N+](=O)[O-])cc1. The van der Waals surface area contributed by atoms with Gasteiger partial charge in [-0.05, 0) is 36.6 Å². The molecule has 0 saturated carbocycles. The molecule has 0 bridgehead atoms. The quantitative estimate of drug-likeness (QED) is 0.0453. The second kappa shape index (κ2) is 41.1. The molecule has 19 nitrogen and oxygen atoms in total. The summed E-state index contributed by atoms with van der Waals surface area (Å²) in [7, 11) is 0. The van der Waals surface area contributed by atoms with E-state index in [0.29, 0.717) is 145 Å². The van der Waals surface area contributed by atoms with Crippen LogP contribution in [0.3, 0.4) is 0 Å². The number of non-ortho nitro benzene ring substituents is 1. The maximum Gasteiger partial charge on any atom is 0.299 e. The third kappa shape index (κ3) is 32.7. The Hall–Kier alpha value is -3.60. The number of anilines is 1. The van der Waals surface area contributed by atoms with Crippen LogP contribution < -0.4 is 10.1 Å². The highest BCUT2D eigenvalue weighted by Gasteiger charge is 2.19. The molecule has 0 heterocycles. The first-order chi connectivity index (χ1) is 31.0. The summed E-state index contributed by atoms with van der Waals surface area (Å²) in [6, 6.07) is 11.8. The van der Waals surface area contributed by atoms with Crippen molar-refractivity contribution in [2.45, 2.75) is 51.9 Å². The van der Waals surface area contributed by atoms with Gasteiger partial charge in [-0.1, -0.05) is 51.2 Å². The van der Waals surface area contributed by atoms with Crippen LogP contribution in [0.5, 0.6) is 5.75 Å². The standard InChI is InChI=1S/C44H73N3O16/c1-2-3-4-5-6-7-8-40-9-12-42(13-10-40)63-38-37-62-36-35-61-34-33-60-32-31-59-30-29-58-28-27-57-26-25-56-24-23-55-22-21-54-20-19-53-18-17-52-16-15-45-43-14-11-41(46(48)49)39-44(43)47(50)51/h9-14,39,45H,2-8,15-38H2,1H3. The van der Waals surface area contributed by atoms with Gasteiger partial charge in [0.25, 0.3) is 11.4 Å². The maximum absolute atomic E-state index is 11.2. The minimum absolute atomic E-state index is 0.185. The molecule has 1 N–H and O–H groups in total. The van der Waals surface area contributed by atoms with Gasteiger partial charge in [-0.2, -0.15) is 0 Å². The molecule has 63 heavy (non-hydrogen) atoms. The molecular weight excluding hydrogens is 826 g/mol. The Balaban J connectivity index is 1.18. The van der Waals surface area contributed by atoms with Crippen molar-refractivity contribution in [3.8, 4) is 5.75 Å². The molecule has 0 fully saturated rings. The van der Waals surface area contributed by atoms with Gasteiger partial charge in [0.1, 0.15) is 18.0 Å². The number of ether oxygens (including phenoxy) is 12. The lowest BCUT2D eigenvalue weighted by molar-refractivity contribution is -0.393. The zero-order chi connectivity index (χ0) is 45.1. The van der Waals surface area contributed by atoms with Gasteiger partial charge in [0.15, 0.2) is 0 Å². The monoisotopic (exact) mass is 899 g/mol. The van der Waals surface area contributed by atoms with Gasteiger partial charge in [0, 0.05) is 12.6 Å². The van der Waals surface area contributed by atoms with Crippen LogP contribution in [0.15, 0.2) is 42.5 Å². The number of unbranched alkanes of at least 4 members (excludes halogenated alkanes) is 5. The van der Waals surface area contributed by atoms with Crippen molar-refractivity contribution < 1.29 is 66.7 Å². The summed E-state index contributed by atoms with van der Waals surface area (Å²) in [6.45, 7) is 13.0. The fourth-order valence-corrected chi connectivity index (χ4v) is 5.57. The van der Waals surface area contributed by atoms with Crippen molar-refractivity contribution in [3.05, 3.63) is 68.3 Å². The lowest BCUT2D eigenvalue weighted by Gasteiger charge is -2.09. The van der Waals surface area contributed by atoms with E-state index in [1.54, 1.807) is 0 Å². The second-order valence-corrected chi connectivity index (χ2v) is 13.9. The van der Waals surface area contributed by atoms with E-state index in [2.05, 4.69) is 24.4 Å². The summed E-state index contributed by atoms with van der Waals surface area (Å²) >= 11 is 0. The number of hydrogen-bond donors (Lipinski definition) is 1. The van der Waals surface area contributed by atoms with Crippen molar-refractivity contribution in [1.82, 2.24) is 0 Å². The number of nitro benzene ring substituents is 2. The lowest BCUT2D eigenvalue weighted by atomic mass is 10.0. The van der Waals surface area contributed by atoms with Gasteiger partial charge in [0.05, 0.1) is 161 Å². The number of nitro groups is 2. The van der Waals surface area contributed by atoms with Crippen LogP contribution in [0.1, 0.15) is 51.0 Å². The van der Waals surface area contributed by atoms with Crippen LogP contribution in [-0.2, 0) is 58.5 Å². The molecule has 0 aliphatic rings. The minimum Gasteiger partial charge on any atom is -0.491 e. The van der Waals surface area contributed by atoms with Gasteiger partial charge >= 0.3 is 0 Å². The summed E-state index contributed by atoms with van der Waals surface area (Å²) in [5, 5.41) is 24.9. The first-order valence-corrected chi connectivity index (χ1v) is 22.2. The lowest BCUT2D eigenvalue weighted by Crippen LogP contribution is -2.16. The third-order valence-corrected chi connectivity index (χ3v) is 8.91. The molecule has 2 rings (SSSR count). The molecule has 19 heteroatoms. The van der Waals surface area contributed by atoms with E-state index in [0.717, 1.165) is 18.2 Å². The van der Waals surface area contributed by atoms with Gasteiger partial charge in [-0.3, -0.25) is 20.2 Å². The van der Waals surface area contributed by atoms with E-state index < -0.39 is 9.85 Å². The van der Waals surface area contributed by atoms with Crippen LogP contribution in [-0.4, -0.2) is 168 Å². The van der Waals surface area contributed by atoms with E-state index in [9.17, 15) is 20.2 Å². The van der Waals surface area contributed by atoms with Crippen molar-refractivity contribution in [2.75, 3.05) is 164 Å². The fourth-order valence-electron chi connectivity index (χ4n) is 5.57. The molecule has 2 aromatic rings. The second-order valence-electron chi connectivity index (χ2n) is 13.9. The average molecular weight is 900 g/mol. The predicted octanol–water partition coefficient (Wildman–Crippen LogP) is 6.08. The molecule has 360 valence electrons. The molecule has 2 aromatic carbocycles. The molecule has 0 saturated heterocycles. The Labute approximate surface area is 372 Å². The Morgan fingerprint density at radius 2 is 0.825 bits per heavy atom. The largest absolute Gasteiger partial charge is 0.491 e. The fraction of sp³-hybridized carbons (Fsp3) is 0.727. The highest BCUT2D eigenvalue weighted by atomic mass is 16.6. The first-order valence-electron chi connectivity index (χ1n) is 22.2. The minimum atomic E-state index is -0.680. The molecule has 0 aliphatic carbocycles. The first kappa shape index (κ1) is 55.5. The molecular formula is C44H73N3O16. The molecule has 0 atom stereocenters. The molecule has 0 aliphatic heterocycles. The Morgan fingerprint density at radius 1 is 0.444 bits per heavy atom. The number of hydrogen-bond acceptors (Lipinski definition) is 17. The maximum atomic E-state index is 11.2. The smallest absolute Gasteiger partial charge is 0.299 e. The van der Waals surface area contributed by atoms with Crippen LogP contribution >= 0.6 is 0 Å². The Morgan fingerprint density at radius 3 is 1.22 bits per heavy atom. The number of benzene rings is 2. The van der Waals surface area contributed by atoms with E-state index in [1.807, 2.05) is 12.1 Å². The number of rotatable bonds is 47.